The number of carbonyl (C=O) groups is 1. The van der Waals surface area contributed by atoms with E-state index in [1.165, 1.54) is 0 Å². The van der Waals surface area contributed by atoms with Gasteiger partial charge in [-0.05, 0) is 46.5 Å². The summed E-state index contributed by atoms with van der Waals surface area (Å²) in [5, 5.41) is 0. The molecule has 0 aliphatic carbocycles. The Morgan fingerprint density at radius 3 is 2.53 bits per heavy atom. The summed E-state index contributed by atoms with van der Waals surface area (Å²) in [4.78, 5) is 11.1. The Bertz CT molecular complexity index is 205. The molecule has 0 unspecified atom stereocenters. The van der Waals surface area contributed by atoms with Gasteiger partial charge in [-0.3, -0.25) is 4.79 Å². The van der Waals surface area contributed by atoms with Crippen LogP contribution in [-0.4, -0.2) is 11.6 Å². The van der Waals surface area contributed by atoms with Crippen LogP contribution in [0.3, 0.4) is 0 Å². The van der Waals surface area contributed by atoms with Crippen molar-refractivity contribution in [1.82, 2.24) is 0 Å². The van der Waals surface area contributed by atoms with E-state index in [1.807, 2.05) is 27.7 Å². The highest BCUT2D eigenvalue weighted by Crippen LogP contribution is 2.19. The third-order valence-corrected chi connectivity index (χ3v) is 2.31. The van der Waals surface area contributed by atoms with Crippen molar-refractivity contribution in [3.63, 3.8) is 0 Å². The first-order valence-corrected chi connectivity index (χ1v) is 5.85. The van der Waals surface area contributed by atoms with Crippen molar-refractivity contribution in [2.24, 2.45) is 0 Å². The number of hydrogen-bond acceptors (Lipinski definition) is 2. The molecule has 0 aromatic heterocycles. The molecule has 0 amide bonds. The second kappa shape index (κ2) is 7.49. The monoisotopic (exact) mass is 212 g/mol. The zero-order valence-electron chi connectivity index (χ0n) is 10.5. The fourth-order valence-electron chi connectivity index (χ4n) is 1.41. The number of ether oxygens (including phenoxy) is 1. The van der Waals surface area contributed by atoms with Gasteiger partial charge in [-0.25, -0.2) is 0 Å². The first-order chi connectivity index (χ1) is 7.02. The van der Waals surface area contributed by atoms with Gasteiger partial charge in [0.1, 0.15) is 5.60 Å². The fraction of sp³-hybridized carbons (Fsp3) is 0.769. The van der Waals surface area contributed by atoms with E-state index < -0.39 is 0 Å². The molecular formula is C13H24O2. The van der Waals surface area contributed by atoms with Crippen molar-refractivity contribution < 1.29 is 9.53 Å². The van der Waals surface area contributed by atoms with E-state index in [-0.39, 0.29) is 11.6 Å². The maximum Gasteiger partial charge on any atom is 0.306 e. The van der Waals surface area contributed by atoms with E-state index in [0.29, 0.717) is 6.42 Å². The van der Waals surface area contributed by atoms with Gasteiger partial charge in [0, 0.05) is 6.42 Å². The van der Waals surface area contributed by atoms with Gasteiger partial charge in [0.25, 0.3) is 0 Å². The van der Waals surface area contributed by atoms with Gasteiger partial charge in [-0.15, -0.1) is 0 Å². The van der Waals surface area contributed by atoms with Crippen LogP contribution >= 0.6 is 0 Å². The van der Waals surface area contributed by atoms with Gasteiger partial charge in [-0.2, -0.15) is 0 Å². The number of carbonyl (C=O) groups excluding carboxylic acids is 1. The topological polar surface area (TPSA) is 26.3 Å². The van der Waals surface area contributed by atoms with Gasteiger partial charge < -0.3 is 4.74 Å². The highest BCUT2D eigenvalue weighted by Gasteiger charge is 2.20. The standard InChI is InChI=1S/C13H24O2/c1-5-7-8-9-10-11-13(3,4)15-12(14)6-2/h5,7H,6,8-11H2,1-4H3/b7-5+. The van der Waals surface area contributed by atoms with Crippen LogP contribution in [0.25, 0.3) is 0 Å². The van der Waals surface area contributed by atoms with Gasteiger partial charge in [0.2, 0.25) is 0 Å². The fourth-order valence-corrected chi connectivity index (χ4v) is 1.41. The smallest absolute Gasteiger partial charge is 0.306 e. The Balaban J connectivity index is 3.68. The average molecular weight is 212 g/mol. The normalized spacial score (nSPS) is 12.0. The Hall–Kier alpha value is -0.790. The molecule has 0 rings (SSSR count). The minimum atomic E-state index is -0.303. The third kappa shape index (κ3) is 8.22. The number of esters is 1. The summed E-state index contributed by atoms with van der Waals surface area (Å²) in [6.45, 7) is 7.82. The lowest BCUT2D eigenvalue weighted by atomic mass is 10.0. The molecule has 88 valence electrons. The van der Waals surface area contributed by atoms with Crippen molar-refractivity contribution in [1.29, 1.82) is 0 Å². The van der Waals surface area contributed by atoms with E-state index in [1.54, 1.807) is 0 Å². The van der Waals surface area contributed by atoms with Crippen LogP contribution in [0.2, 0.25) is 0 Å². The summed E-state index contributed by atoms with van der Waals surface area (Å²) in [5.41, 5.74) is -0.303. The molecule has 0 aliphatic heterocycles. The lowest BCUT2D eigenvalue weighted by Crippen LogP contribution is -2.27. The van der Waals surface area contributed by atoms with E-state index in [0.717, 1.165) is 25.7 Å². The Morgan fingerprint density at radius 2 is 2.00 bits per heavy atom. The SMILES string of the molecule is C/C=C/CCCCC(C)(C)OC(=O)CC. The zero-order valence-corrected chi connectivity index (χ0v) is 10.5. The lowest BCUT2D eigenvalue weighted by Gasteiger charge is -2.24. The number of hydrogen-bond donors (Lipinski definition) is 0. The molecule has 0 radical (unpaired) electrons. The molecule has 0 aliphatic rings. The number of unbranched alkanes of at least 4 members (excludes halogenated alkanes) is 2. The summed E-state index contributed by atoms with van der Waals surface area (Å²) >= 11 is 0. The molecule has 0 aromatic rings. The van der Waals surface area contributed by atoms with Crippen molar-refractivity contribution in [3.05, 3.63) is 12.2 Å². The first-order valence-electron chi connectivity index (χ1n) is 5.85. The van der Waals surface area contributed by atoms with Crippen molar-refractivity contribution in [2.75, 3.05) is 0 Å². The predicted molar refractivity (Wildman–Crippen MR) is 63.7 cm³/mol. The van der Waals surface area contributed by atoms with Crippen LogP contribution in [-0.2, 0) is 9.53 Å². The van der Waals surface area contributed by atoms with Crippen molar-refractivity contribution in [2.45, 2.75) is 65.4 Å². The van der Waals surface area contributed by atoms with Gasteiger partial charge in [0.15, 0.2) is 0 Å². The highest BCUT2D eigenvalue weighted by atomic mass is 16.6. The quantitative estimate of drug-likeness (QED) is 0.364. The summed E-state index contributed by atoms with van der Waals surface area (Å²) in [5.74, 6) is -0.103. The molecule has 2 nitrogen and oxygen atoms in total. The molecule has 0 aromatic carbocycles. The van der Waals surface area contributed by atoms with Crippen LogP contribution in [0.1, 0.15) is 59.8 Å². The molecule has 0 atom stereocenters. The van der Waals surface area contributed by atoms with E-state index in [4.69, 9.17) is 4.74 Å². The molecule has 2 heteroatoms. The number of rotatable bonds is 7. The van der Waals surface area contributed by atoms with Crippen molar-refractivity contribution in [3.8, 4) is 0 Å². The molecule has 0 saturated heterocycles. The minimum absolute atomic E-state index is 0.103. The zero-order chi connectivity index (χ0) is 11.7. The summed E-state index contributed by atoms with van der Waals surface area (Å²) in [6, 6.07) is 0. The molecule has 0 bridgehead atoms. The summed E-state index contributed by atoms with van der Waals surface area (Å²) < 4.78 is 5.34. The van der Waals surface area contributed by atoms with Crippen molar-refractivity contribution >= 4 is 5.97 Å². The molecule has 0 saturated carbocycles. The average Bonchev–Trinajstić information content (AvgIpc) is 2.16. The first kappa shape index (κ1) is 14.2. The molecule has 0 heterocycles. The molecule has 0 N–H and O–H groups in total. The Morgan fingerprint density at radius 1 is 1.33 bits per heavy atom. The van der Waals surface area contributed by atoms with Crippen LogP contribution in [0.5, 0.6) is 0 Å². The van der Waals surface area contributed by atoms with Crippen LogP contribution in [0, 0.1) is 0 Å². The molecule has 0 spiro atoms. The molecule has 15 heavy (non-hydrogen) atoms. The Kier molecular flexibility index (Phi) is 7.10. The molecular weight excluding hydrogens is 188 g/mol. The Labute approximate surface area is 93.7 Å². The maximum absolute atomic E-state index is 11.1. The second-order valence-electron chi connectivity index (χ2n) is 4.40. The number of allylic oxidation sites excluding steroid dienone is 2. The van der Waals surface area contributed by atoms with Crippen LogP contribution in [0.15, 0.2) is 12.2 Å². The highest BCUT2D eigenvalue weighted by molar-refractivity contribution is 5.69. The second-order valence-corrected chi connectivity index (χ2v) is 4.40. The molecule has 0 fully saturated rings. The lowest BCUT2D eigenvalue weighted by molar-refractivity contribution is -0.156. The van der Waals surface area contributed by atoms with Gasteiger partial charge in [-0.1, -0.05) is 19.1 Å². The van der Waals surface area contributed by atoms with E-state index in [9.17, 15) is 4.79 Å². The third-order valence-electron chi connectivity index (χ3n) is 2.31. The van der Waals surface area contributed by atoms with Crippen LogP contribution < -0.4 is 0 Å². The summed E-state index contributed by atoms with van der Waals surface area (Å²) in [7, 11) is 0. The predicted octanol–water partition coefficient (Wildman–Crippen LogP) is 3.85. The van der Waals surface area contributed by atoms with E-state index in [2.05, 4.69) is 12.2 Å². The minimum Gasteiger partial charge on any atom is -0.460 e. The van der Waals surface area contributed by atoms with E-state index >= 15 is 0 Å². The maximum atomic E-state index is 11.1. The van der Waals surface area contributed by atoms with Crippen LogP contribution in [0.4, 0.5) is 0 Å². The van der Waals surface area contributed by atoms with Gasteiger partial charge >= 0.3 is 5.97 Å². The van der Waals surface area contributed by atoms with Gasteiger partial charge in [0.05, 0.1) is 0 Å². The largest absolute Gasteiger partial charge is 0.460 e. The summed E-state index contributed by atoms with van der Waals surface area (Å²) in [6.07, 6.45) is 9.03.